The maximum Gasteiger partial charge on any atom is 0.126 e. The lowest BCUT2D eigenvalue weighted by Gasteiger charge is -2.18. The van der Waals surface area contributed by atoms with Gasteiger partial charge in [0.05, 0.1) is 6.61 Å². The Morgan fingerprint density at radius 1 is 1.14 bits per heavy atom. The lowest BCUT2D eigenvalue weighted by atomic mass is 10.1. The second kappa shape index (κ2) is 14.8. The zero-order valence-corrected chi connectivity index (χ0v) is 15.8. The zero-order valence-electron chi connectivity index (χ0n) is 15.8. The number of rotatable bonds is 7. The highest BCUT2D eigenvalue weighted by Crippen LogP contribution is 2.17. The average molecular weight is 314 g/mol. The summed E-state index contributed by atoms with van der Waals surface area (Å²) in [5, 5.41) is 3.41. The molecule has 0 aliphatic heterocycles. The summed E-state index contributed by atoms with van der Waals surface area (Å²) in [5.41, 5.74) is 0.626. The minimum atomic E-state index is -0.184. The summed E-state index contributed by atoms with van der Waals surface area (Å²) in [6.45, 7) is 17.8. The highest BCUT2D eigenvalue weighted by atomic mass is 19.1. The SMILES string of the molecule is CC.CC.CCC(CNC(C)C)COc1ccc(F)c(C)c1. The highest BCUT2D eigenvalue weighted by molar-refractivity contribution is 5.28. The van der Waals surface area contributed by atoms with Gasteiger partial charge in [0, 0.05) is 18.5 Å². The Bertz CT molecular complexity index is 366. The van der Waals surface area contributed by atoms with Crippen molar-refractivity contribution in [2.45, 2.75) is 67.9 Å². The van der Waals surface area contributed by atoms with Crippen molar-refractivity contribution < 1.29 is 9.13 Å². The predicted molar refractivity (Wildman–Crippen MR) is 96.2 cm³/mol. The van der Waals surface area contributed by atoms with Crippen LogP contribution in [0.4, 0.5) is 4.39 Å². The van der Waals surface area contributed by atoms with Crippen molar-refractivity contribution >= 4 is 0 Å². The number of halogens is 1. The second-order valence-corrected chi connectivity index (χ2v) is 5.06. The van der Waals surface area contributed by atoms with Crippen LogP contribution < -0.4 is 10.1 Å². The molecule has 3 heteroatoms. The molecule has 0 saturated heterocycles. The molecule has 0 saturated carbocycles. The normalized spacial score (nSPS) is 11.0. The fourth-order valence-corrected chi connectivity index (χ4v) is 1.64. The molecule has 0 heterocycles. The van der Waals surface area contributed by atoms with Crippen molar-refractivity contribution in [2.75, 3.05) is 13.2 Å². The molecule has 1 rings (SSSR count). The molecule has 2 nitrogen and oxygen atoms in total. The zero-order chi connectivity index (χ0) is 17.5. The van der Waals surface area contributed by atoms with E-state index in [1.165, 1.54) is 6.07 Å². The van der Waals surface area contributed by atoms with Crippen LogP contribution in [0.2, 0.25) is 0 Å². The van der Waals surface area contributed by atoms with E-state index in [2.05, 4.69) is 26.1 Å². The van der Waals surface area contributed by atoms with Gasteiger partial charge in [0.25, 0.3) is 0 Å². The van der Waals surface area contributed by atoms with E-state index in [0.717, 1.165) is 18.7 Å². The molecule has 0 aromatic heterocycles. The number of ether oxygens (including phenoxy) is 1. The lowest BCUT2D eigenvalue weighted by molar-refractivity contribution is 0.237. The maximum absolute atomic E-state index is 13.1. The van der Waals surface area contributed by atoms with Crippen LogP contribution in [0.5, 0.6) is 5.75 Å². The first-order chi connectivity index (χ1) is 10.5. The van der Waals surface area contributed by atoms with E-state index in [9.17, 15) is 4.39 Å². The molecule has 22 heavy (non-hydrogen) atoms. The van der Waals surface area contributed by atoms with Gasteiger partial charge in [-0.05, 0) is 37.1 Å². The van der Waals surface area contributed by atoms with Gasteiger partial charge in [0.2, 0.25) is 0 Å². The fourth-order valence-electron chi connectivity index (χ4n) is 1.64. The average Bonchev–Trinajstić information content (AvgIpc) is 2.54. The smallest absolute Gasteiger partial charge is 0.126 e. The Morgan fingerprint density at radius 3 is 2.18 bits per heavy atom. The molecule has 1 unspecified atom stereocenters. The van der Waals surface area contributed by atoms with Crippen LogP contribution in [-0.2, 0) is 0 Å². The highest BCUT2D eigenvalue weighted by Gasteiger charge is 2.08. The van der Waals surface area contributed by atoms with Crippen molar-refractivity contribution in [1.29, 1.82) is 0 Å². The van der Waals surface area contributed by atoms with Crippen molar-refractivity contribution in [3.8, 4) is 5.75 Å². The quantitative estimate of drug-likeness (QED) is 0.708. The maximum atomic E-state index is 13.1. The minimum Gasteiger partial charge on any atom is -0.493 e. The molecule has 0 bridgehead atoms. The molecule has 0 aliphatic carbocycles. The van der Waals surface area contributed by atoms with Gasteiger partial charge in [-0.1, -0.05) is 48.5 Å². The summed E-state index contributed by atoms with van der Waals surface area (Å²) >= 11 is 0. The molecule has 1 aromatic rings. The molecule has 0 spiro atoms. The van der Waals surface area contributed by atoms with Crippen LogP contribution >= 0.6 is 0 Å². The molecule has 0 radical (unpaired) electrons. The molecule has 1 N–H and O–H groups in total. The van der Waals surface area contributed by atoms with Gasteiger partial charge in [-0.3, -0.25) is 0 Å². The number of aryl methyl sites for hydroxylation is 1. The molecule has 1 aromatic carbocycles. The molecule has 1 atom stereocenters. The van der Waals surface area contributed by atoms with Crippen molar-refractivity contribution in [3.63, 3.8) is 0 Å². The Labute approximate surface area is 137 Å². The van der Waals surface area contributed by atoms with Gasteiger partial charge in [-0.2, -0.15) is 0 Å². The van der Waals surface area contributed by atoms with E-state index in [1.807, 2.05) is 27.7 Å². The van der Waals surface area contributed by atoms with Gasteiger partial charge >= 0.3 is 0 Å². The van der Waals surface area contributed by atoms with Crippen molar-refractivity contribution in [1.82, 2.24) is 5.32 Å². The van der Waals surface area contributed by atoms with E-state index in [1.54, 1.807) is 19.1 Å². The monoisotopic (exact) mass is 313 g/mol. The first-order valence-corrected chi connectivity index (χ1v) is 8.65. The third-order valence-electron chi connectivity index (χ3n) is 3.01. The molecule has 130 valence electrons. The number of hydrogen-bond acceptors (Lipinski definition) is 2. The van der Waals surface area contributed by atoms with Crippen LogP contribution in [0.25, 0.3) is 0 Å². The Morgan fingerprint density at radius 2 is 1.73 bits per heavy atom. The second-order valence-electron chi connectivity index (χ2n) is 5.06. The third-order valence-corrected chi connectivity index (χ3v) is 3.01. The van der Waals surface area contributed by atoms with E-state index in [-0.39, 0.29) is 5.82 Å². The van der Waals surface area contributed by atoms with Crippen LogP contribution in [0, 0.1) is 18.7 Å². The molecule has 0 fully saturated rings. The summed E-state index contributed by atoms with van der Waals surface area (Å²) < 4.78 is 18.8. The topological polar surface area (TPSA) is 21.3 Å². The van der Waals surface area contributed by atoms with Gasteiger partial charge < -0.3 is 10.1 Å². The first kappa shape index (κ1) is 23.2. The van der Waals surface area contributed by atoms with Crippen LogP contribution in [-0.4, -0.2) is 19.2 Å². The van der Waals surface area contributed by atoms with E-state index >= 15 is 0 Å². The molecule has 0 amide bonds. The summed E-state index contributed by atoms with van der Waals surface area (Å²) in [5.74, 6) is 1.05. The molecule has 0 aliphatic rings. The molecular formula is C19H36FNO. The fraction of sp³-hybridized carbons (Fsp3) is 0.684. The number of nitrogens with one attached hydrogen (secondary N) is 1. The Balaban J connectivity index is 0. The minimum absolute atomic E-state index is 0.184. The van der Waals surface area contributed by atoms with Gasteiger partial charge in [0.1, 0.15) is 11.6 Å². The van der Waals surface area contributed by atoms with Crippen molar-refractivity contribution in [2.24, 2.45) is 5.92 Å². The van der Waals surface area contributed by atoms with Gasteiger partial charge in [-0.15, -0.1) is 0 Å². The number of hydrogen-bond donors (Lipinski definition) is 1. The lowest BCUT2D eigenvalue weighted by Crippen LogP contribution is -2.31. The van der Waals surface area contributed by atoms with Gasteiger partial charge in [0.15, 0.2) is 0 Å². The largest absolute Gasteiger partial charge is 0.493 e. The summed E-state index contributed by atoms with van der Waals surface area (Å²) in [4.78, 5) is 0. The van der Waals surface area contributed by atoms with Gasteiger partial charge in [-0.25, -0.2) is 4.39 Å². The molecular weight excluding hydrogens is 277 g/mol. The van der Waals surface area contributed by atoms with E-state index in [0.29, 0.717) is 24.1 Å². The third kappa shape index (κ3) is 10.6. The van der Waals surface area contributed by atoms with Crippen LogP contribution in [0.1, 0.15) is 60.5 Å². The van der Waals surface area contributed by atoms with Crippen molar-refractivity contribution in [3.05, 3.63) is 29.6 Å². The van der Waals surface area contributed by atoms with E-state index in [4.69, 9.17) is 4.74 Å². The number of benzene rings is 1. The Hall–Kier alpha value is -1.09. The standard InChI is InChI=1S/C15H24FNO.2C2H6/c1-5-13(9-17-11(2)3)10-18-14-6-7-15(16)12(4)8-14;2*1-2/h6-8,11,13,17H,5,9-10H2,1-4H3;2*1-2H3. The summed E-state index contributed by atoms with van der Waals surface area (Å²) in [6.07, 6.45) is 1.07. The first-order valence-electron chi connectivity index (χ1n) is 8.65. The Kier molecular flexibility index (Phi) is 15.6. The summed E-state index contributed by atoms with van der Waals surface area (Å²) in [7, 11) is 0. The summed E-state index contributed by atoms with van der Waals surface area (Å²) in [6, 6.07) is 5.38. The van der Waals surface area contributed by atoms with Crippen LogP contribution in [0.3, 0.4) is 0 Å². The van der Waals surface area contributed by atoms with E-state index < -0.39 is 0 Å². The van der Waals surface area contributed by atoms with Crippen LogP contribution in [0.15, 0.2) is 18.2 Å². The predicted octanol–water partition coefficient (Wildman–Crippen LogP) is 5.59.